The first-order valence-corrected chi connectivity index (χ1v) is 10.1. The van der Waals surface area contributed by atoms with Crippen LogP contribution in [0.3, 0.4) is 0 Å². The Labute approximate surface area is 185 Å². The van der Waals surface area contributed by atoms with Crippen LogP contribution in [0, 0.1) is 5.82 Å². The van der Waals surface area contributed by atoms with Gasteiger partial charge in [-0.2, -0.15) is 0 Å². The van der Waals surface area contributed by atoms with Gasteiger partial charge in [0.15, 0.2) is 11.5 Å². The average Bonchev–Trinajstić information content (AvgIpc) is 3.50. The van der Waals surface area contributed by atoms with Crippen molar-refractivity contribution in [3.05, 3.63) is 77.2 Å². The smallest absolute Gasteiger partial charge is 0.478 e. The van der Waals surface area contributed by atoms with E-state index in [1.54, 1.807) is 24.3 Å². The minimum Gasteiger partial charge on any atom is -0.478 e. The van der Waals surface area contributed by atoms with Crippen LogP contribution in [0.5, 0.6) is 11.5 Å². The van der Waals surface area contributed by atoms with Gasteiger partial charge in [-0.3, -0.25) is 9.78 Å². The fourth-order valence-electron chi connectivity index (χ4n) is 4.03. The Kier molecular flexibility index (Phi) is 4.66. The van der Waals surface area contributed by atoms with Crippen molar-refractivity contribution < 1.29 is 37.3 Å². The summed E-state index contributed by atoms with van der Waals surface area (Å²) in [4.78, 5) is 28.8. The maximum Gasteiger partial charge on any atom is 0.586 e. The van der Waals surface area contributed by atoms with Crippen LogP contribution < -0.4 is 9.47 Å². The first-order valence-electron chi connectivity index (χ1n) is 10.1. The minimum absolute atomic E-state index is 0.0282. The highest BCUT2D eigenvalue weighted by atomic mass is 19.3. The summed E-state index contributed by atoms with van der Waals surface area (Å²) in [7, 11) is 0. The zero-order chi connectivity index (χ0) is 23.4. The number of ketones is 1. The van der Waals surface area contributed by atoms with Crippen molar-refractivity contribution in [2.75, 3.05) is 0 Å². The second-order valence-electron chi connectivity index (χ2n) is 8.06. The molecule has 0 spiro atoms. The van der Waals surface area contributed by atoms with Crippen molar-refractivity contribution in [2.24, 2.45) is 0 Å². The summed E-state index contributed by atoms with van der Waals surface area (Å²) in [5.74, 6) is -2.31. The summed E-state index contributed by atoms with van der Waals surface area (Å²) in [6, 6.07) is 12.6. The third kappa shape index (κ3) is 3.90. The first-order chi connectivity index (χ1) is 15.6. The van der Waals surface area contributed by atoms with E-state index in [1.807, 2.05) is 0 Å². The van der Waals surface area contributed by atoms with E-state index in [0.29, 0.717) is 29.8 Å². The Bertz CT molecular complexity index is 1300. The number of hydrogen-bond acceptors (Lipinski definition) is 5. The highest BCUT2D eigenvalue weighted by Gasteiger charge is 2.52. The molecule has 1 N–H and O–H groups in total. The van der Waals surface area contributed by atoms with Gasteiger partial charge in [0.1, 0.15) is 11.6 Å². The van der Waals surface area contributed by atoms with Gasteiger partial charge in [0.2, 0.25) is 0 Å². The molecule has 1 saturated carbocycles. The number of rotatable bonds is 6. The molecule has 168 valence electrons. The number of aromatic carboxylic acids is 1. The molecule has 2 heterocycles. The molecular weight excluding hydrogens is 439 g/mol. The fraction of sp³-hybridized carbons (Fsp3) is 0.208. The van der Waals surface area contributed by atoms with Crippen LogP contribution in [0.4, 0.5) is 13.2 Å². The van der Waals surface area contributed by atoms with Crippen molar-refractivity contribution in [2.45, 2.75) is 31.0 Å². The molecule has 2 aromatic carbocycles. The van der Waals surface area contributed by atoms with E-state index in [1.165, 1.54) is 24.3 Å². The number of fused-ring (bicyclic) bond motifs is 1. The third-order valence-corrected chi connectivity index (χ3v) is 5.83. The number of halogens is 3. The number of hydrogen-bond donors (Lipinski definition) is 1. The number of pyridine rings is 1. The predicted molar refractivity (Wildman–Crippen MR) is 109 cm³/mol. The summed E-state index contributed by atoms with van der Waals surface area (Å²) in [6.07, 6.45) is -2.64. The molecule has 0 unspecified atom stereocenters. The van der Waals surface area contributed by atoms with Crippen molar-refractivity contribution in [3.63, 3.8) is 0 Å². The predicted octanol–water partition coefficient (Wildman–Crippen LogP) is 4.75. The summed E-state index contributed by atoms with van der Waals surface area (Å²) in [5, 5.41) is 9.16. The van der Waals surface area contributed by atoms with Crippen LogP contribution in [0.25, 0.3) is 11.3 Å². The normalized spacial score (nSPS) is 16.9. The van der Waals surface area contributed by atoms with Crippen LogP contribution in [-0.2, 0) is 16.6 Å². The monoisotopic (exact) mass is 455 g/mol. The molecule has 1 aromatic heterocycles. The quantitative estimate of drug-likeness (QED) is 0.577. The topological polar surface area (TPSA) is 85.7 Å². The summed E-state index contributed by atoms with van der Waals surface area (Å²) >= 11 is 0. The molecule has 1 fully saturated rings. The van der Waals surface area contributed by atoms with E-state index in [0.717, 1.165) is 6.07 Å². The van der Waals surface area contributed by atoms with Gasteiger partial charge in [0, 0.05) is 17.7 Å². The summed E-state index contributed by atoms with van der Waals surface area (Å²) < 4.78 is 49.4. The summed E-state index contributed by atoms with van der Waals surface area (Å²) in [5.41, 5.74) is 0.580. The summed E-state index contributed by atoms with van der Waals surface area (Å²) in [6.45, 7) is 0. The molecule has 0 bridgehead atoms. The van der Waals surface area contributed by atoms with E-state index in [4.69, 9.17) is 5.11 Å². The second-order valence-corrected chi connectivity index (χ2v) is 8.06. The molecule has 2 aliphatic rings. The number of nitrogens with zero attached hydrogens (tertiary/aromatic N) is 1. The molecule has 0 radical (unpaired) electrons. The second kappa shape index (κ2) is 7.33. The molecule has 0 saturated heterocycles. The SMILES string of the molecule is O=C(O)c1cc(F)cc(-c2cccc(CC(=O)C3(c4ccc5c(c4)OC(F)(F)O5)CC3)n2)c1. The lowest BCUT2D eigenvalue weighted by atomic mass is 9.88. The Morgan fingerprint density at radius 2 is 1.76 bits per heavy atom. The van der Waals surface area contributed by atoms with Crippen molar-refractivity contribution in [1.82, 2.24) is 4.98 Å². The lowest BCUT2D eigenvalue weighted by Crippen LogP contribution is -2.26. The van der Waals surface area contributed by atoms with Gasteiger partial charge in [-0.1, -0.05) is 12.1 Å². The van der Waals surface area contributed by atoms with Crippen molar-refractivity contribution >= 4 is 11.8 Å². The van der Waals surface area contributed by atoms with Crippen LogP contribution in [0.2, 0.25) is 0 Å². The Balaban J connectivity index is 1.39. The highest BCUT2D eigenvalue weighted by molar-refractivity contribution is 5.94. The van der Waals surface area contributed by atoms with E-state index in [9.17, 15) is 22.8 Å². The van der Waals surface area contributed by atoms with Crippen molar-refractivity contribution in [1.29, 1.82) is 0 Å². The standard InChI is InChI=1S/C24H16F3NO5/c25-16-9-13(8-14(10-16)22(30)31)18-3-1-2-17(28-18)12-21(29)23(6-7-23)15-4-5-19-20(11-15)33-24(26,27)32-19/h1-5,8-11H,6-7,12H2,(H,30,31). The molecular formula is C24H16F3NO5. The van der Waals surface area contributed by atoms with Crippen LogP contribution in [-0.4, -0.2) is 28.1 Å². The van der Waals surface area contributed by atoms with Gasteiger partial charge in [-0.05, 0) is 60.9 Å². The largest absolute Gasteiger partial charge is 0.586 e. The van der Waals surface area contributed by atoms with Gasteiger partial charge in [0.05, 0.1) is 16.7 Å². The number of carboxylic acids is 1. The number of benzene rings is 2. The van der Waals surface area contributed by atoms with Crippen molar-refractivity contribution in [3.8, 4) is 22.8 Å². The number of ether oxygens (including phenoxy) is 2. The van der Waals surface area contributed by atoms with Gasteiger partial charge in [-0.25, -0.2) is 9.18 Å². The lowest BCUT2D eigenvalue weighted by molar-refractivity contribution is -0.286. The minimum atomic E-state index is -3.73. The molecule has 3 aromatic rings. The number of carboxylic acid groups (broad SMARTS) is 1. The van der Waals surface area contributed by atoms with E-state index in [-0.39, 0.29) is 34.8 Å². The number of carbonyl (C=O) groups is 2. The fourth-order valence-corrected chi connectivity index (χ4v) is 4.03. The van der Waals surface area contributed by atoms with E-state index in [2.05, 4.69) is 14.5 Å². The highest BCUT2D eigenvalue weighted by Crippen LogP contribution is 2.52. The molecule has 9 heteroatoms. The van der Waals surface area contributed by atoms with Gasteiger partial charge < -0.3 is 14.6 Å². The molecule has 0 amide bonds. The van der Waals surface area contributed by atoms with Gasteiger partial charge in [0.25, 0.3) is 0 Å². The zero-order valence-electron chi connectivity index (χ0n) is 17.0. The zero-order valence-corrected chi connectivity index (χ0v) is 17.0. The first kappa shape index (κ1) is 21.0. The van der Waals surface area contributed by atoms with Crippen LogP contribution in [0.1, 0.15) is 34.5 Å². The maximum atomic E-state index is 13.9. The molecule has 5 rings (SSSR count). The van der Waals surface area contributed by atoms with E-state index < -0.39 is 23.5 Å². The molecule has 6 nitrogen and oxygen atoms in total. The Hall–Kier alpha value is -3.88. The molecule has 1 aliphatic heterocycles. The Morgan fingerprint density at radius 3 is 2.48 bits per heavy atom. The van der Waals surface area contributed by atoms with Crippen LogP contribution >= 0.6 is 0 Å². The molecule has 33 heavy (non-hydrogen) atoms. The third-order valence-electron chi connectivity index (χ3n) is 5.83. The van der Waals surface area contributed by atoms with Crippen LogP contribution in [0.15, 0.2) is 54.6 Å². The molecule has 1 aliphatic carbocycles. The average molecular weight is 455 g/mol. The van der Waals surface area contributed by atoms with E-state index >= 15 is 0 Å². The number of Topliss-reactive ketones (excluding diaryl/α,β-unsaturated/α-hetero) is 1. The Morgan fingerprint density at radius 1 is 1.00 bits per heavy atom. The maximum absolute atomic E-state index is 13.9. The number of alkyl halides is 2. The number of carbonyl (C=O) groups excluding carboxylic acids is 1. The van der Waals surface area contributed by atoms with Gasteiger partial charge >= 0.3 is 12.3 Å². The van der Waals surface area contributed by atoms with Gasteiger partial charge in [-0.15, -0.1) is 8.78 Å². The lowest BCUT2D eigenvalue weighted by Gasteiger charge is -2.15. The molecule has 0 atom stereocenters. The number of aromatic nitrogens is 1.